The summed E-state index contributed by atoms with van der Waals surface area (Å²) < 4.78 is 13.0. The number of ether oxygens (including phenoxy) is 2. The molecular weight excluding hydrogens is 468 g/mol. The van der Waals surface area contributed by atoms with Crippen LogP contribution in [0, 0.1) is 0 Å². The molecule has 1 amide bonds. The lowest BCUT2D eigenvalue weighted by molar-refractivity contribution is -0.153. The molecule has 2 heterocycles. The van der Waals surface area contributed by atoms with E-state index in [9.17, 15) is 19.5 Å². The standard InChI is InChI=1S/C22H25BrN2O6/c1-22(2,3)31-17(26)10-24-20(28)18-19(27)15-8-9-30-12-16(15)25(21(18)29)11-13-4-6-14(23)7-5-13/h4-7,27H,8-12H2,1-3H3,(H,24,28). The van der Waals surface area contributed by atoms with Crippen molar-refractivity contribution in [2.75, 3.05) is 13.2 Å². The molecule has 2 N–H and O–H groups in total. The summed E-state index contributed by atoms with van der Waals surface area (Å²) in [6, 6.07) is 7.44. The maximum Gasteiger partial charge on any atom is 0.325 e. The molecule has 0 saturated carbocycles. The van der Waals surface area contributed by atoms with Gasteiger partial charge in [0, 0.05) is 16.5 Å². The minimum atomic E-state index is -0.827. The van der Waals surface area contributed by atoms with Crippen LogP contribution in [-0.2, 0) is 33.8 Å². The van der Waals surface area contributed by atoms with Crippen molar-refractivity contribution in [2.24, 2.45) is 0 Å². The molecule has 1 aliphatic rings. The molecule has 2 aromatic rings. The molecular formula is C22H25BrN2O6. The highest BCUT2D eigenvalue weighted by Crippen LogP contribution is 2.28. The summed E-state index contributed by atoms with van der Waals surface area (Å²) in [7, 11) is 0. The van der Waals surface area contributed by atoms with Crippen LogP contribution in [-0.4, -0.2) is 40.3 Å². The summed E-state index contributed by atoms with van der Waals surface area (Å²) >= 11 is 3.38. The van der Waals surface area contributed by atoms with Crippen LogP contribution >= 0.6 is 15.9 Å². The molecule has 1 aliphatic heterocycles. The highest BCUT2D eigenvalue weighted by atomic mass is 79.9. The number of fused-ring (bicyclic) bond motifs is 1. The first-order valence-electron chi connectivity index (χ1n) is 9.86. The fraction of sp³-hybridized carbons (Fsp3) is 0.409. The molecule has 0 unspecified atom stereocenters. The van der Waals surface area contributed by atoms with E-state index in [4.69, 9.17) is 9.47 Å². The maximum absolute atomic E-state index is 13.2. The number of hydrogen-bond donors (Lipinski definition) is 2. The molecule has 0 atom stereocenters. The van der Waals surface area contributed by atoms with Gasteiger partial charge in [0.2, 0.25) is 0 Å². The Bertz CT molecular complexity index is 1050. The lowest BCUT2D eigenvalue weighted by atomic mass is 10.0. The molecule has 166 valence electrons. The second-order valence-corrected chi connectivity index (χ2v) is 9.15. The number of pyridine rings is 1. The number of nitrogens with zero attached hydrogens (tertiary/aromatic N) is 1. The first-order valence-corrected chi connectivity index (χ1v) is 10.7. The number of aromatic nitrogens is 1. The SMILES string of the molecule is CC(C)(C)OC(=O)CNC(=O)c1c(O)c2c(n(Cc3ccc(Br)cc3)c1=O)COCC2. The van der Waals surface area contributed by atoms with Crippen LogP contribution in [0.15, 0.2) is 33.5 Å². The molecule has 9 heteroatoms. The number of benzene rings is 1. The molecule has 8 nitrogen and oxygen atoms in total. The Labute approximate surface area is 188 Å². The van der Waals surface area contributed by atoms with Crippen molar-refractivity contribution in [2.45, 2.75) is 45.9 Å². The van der Waals surface area contributed by atoms with E-state index in [1.54, 1.807) is 20.8 Å². The second kappa shape index (κ2) is 9.23. The minimum Gasteiger partial charge on any atom is -0.507 e. The number of carbonyl (C=O) groups excluding carboxylic acids is 2. The van der Waals surface area contributed by atoms with E-state index in [1.165, 1.54) is 4.57 Å². The zero-order chi connectivity index (χ0) is 22.8. The number of rotatable bonds is 5. The molecule has 3 rings (SSSR count). The number of esters is 1. The van der Waals surface area contributed by atoms with Gasteiger partial charge in [0.25, 0.3) is 11.5 Å². The zero-order valence-corrected chi connectivity index (χ0v) is 19.2. The van der Waals surface area contributed by atoms with Crippen LogP contribution in [0.5, 0.6) is 5.75 Å². The van der Waals surface area contributed by atoms with E-state index in [2.05, 4.69) is 21.2 Å². The fourth-order valence-electron chi connectivity index (χ4n) is 3.34. The largest absolute Gasteiger partial charge is 0.507 e. The third-order valence-corrected chi connectivity index (χ3v) is 5.21. The molecule has 31 heavy (non-hydrogen) atoms. The number of halogens is 1. The van der Waals surface area contributed by atoms with Crippen molar-refractivity contribution >= 4 is 27.8 Å². The lowest BCUT2D eigenvalue weighted by Crippen LogP contribution is -2.39. The first-order chi connectivity index (χ1) is 14.6. The number of aromatic hydroxyl groups is 1. The molecule has 0 radical (unpaired) electrons. The van der Waals surface area contributed by atoms with Crippen LogP contribution in [0.3, 0.4) is 0 Å². The Balaban J connectivity index is 1.95. The summed E-state index contributed by atoms with van der Waals surface area (Å²) in [6.07, 6.45) is 0.369. The Morgan fingerprint density at radius 2 is 1.94 bits per heavy atom. The molecule has 1 aromatic carbocycles. The van der Waals surface area contributed by atoms with Crippen LogP contribution in [0.1, 0.15) is 48.0 Å². The molecule has 0 saturated heterocycles. The van der Waals surface area contributed by atoms with Gasteiger partial charge in [0.05, 0.1) is 25.5 Å². The Morgan fingerprint density at radius 1 is 1.26 bits per heavy atom. The molecule has 0 spiro atoms. The smallest absolute Gasteiger partial charge is 0.325 e. The van der Waals surface area contributed by atoms with Gasteiger partial charge in [-0.3, -0.25) is 14.4 Å². The van der Waals surface area contributed by atoms with Gasteiger partial charge >= 0.3 is 5.97 Å². The van der Waals surface area contributed by atoms with Gasteiger partial charge < -0.3 is 24.5 Å². The normalized spacial score (nSPS) is 13.4. The van der Waals surface area contributed by atoms with Crippen LogP contribution in [0.2, 0.25) is 0 Å². The molecule has 0 fully saturated rings. The van der Waals surface area contributed by atoms with E-state index in [1.807, 2.05) is 24.3 Å². The Kier molecular flexibility index (Phi) is 6.86. The van der Waals surface area contributed by atoms with Crippen molar-refractivity contribution in [1.82, 2.24) is 9.88 Å². The van der Waals surface area contributed by atoms with E-state index in [0.717, 1.165) is 10.0 Å². The van der Waals surface area contributed by atoms with Gasteiger partial charge in [-0.1, -0.05) is 28.1 Å². The van der Waals surface area contributed by atoms with Gasteiger partial charge in [-0.15, -0.1) is 0 Å². The van der Waals surface area contributed by atoms with Gasteiger partial charge in [0.1, 0.15) is 23.5 Å². The topological polar surface area (TPSA) is 107 Å². The van der Waals surface area contributed by atoms with Crippen molar-refractivity contribution in [3.8, 4) is 5.75 Å². The number of nitrogens with one attached hydrogen (secondary N) is 1. The summed E-state index contributed by atoms with van der Waals surface area (Å²) in [5, 5.41) is 13.1. The van der Waals surface area contributed by atoms with Crippen molar-refractivity contribution < 1.29 is 24.2 Å². The number of amides is 1. The summed E-state index contributed by atoms with van der Waals surface area (Å²) in [4.78, 5) is 37.9. The zero-order valence-electron chi connectivity index (χ0n) is 17.7. The van der Waals surface area contributed by atoms with Gasteiger partial charge in [0.15, 0.2) is 0 Å². The van der Waals surface area contributed by atoms with Gasteiger partial charge in [-0.2, -0.15) is 0 Å². The molecule has 0 aliphatic carbocycles. The Hall–Kier alpha value is -2.65. The highest BCUT2D eigenvalue weighted by Gasteiger charge is 2.28. The Morgan fingerprint density at radius 3 is 2.58 bits per heavy atom. The average molecular weight is 493 g/mol. The summed E-state index contributed by atoms with van der Waals surface area (Å²) in [5.41, 5.74) is 0.162. The first kappa shape index (κ1) is 23.0. The van der Waals surface area contributed by atoms with Crippen molar-refractivity contribution in [3.05, 3.63) is 61.5 Å². The molecule has 0 bridgehead atoms. The van der Waals surface area contributed by atoms with Crippen LogP contribution in [0.4, 0.5) is 0 Å². The average Bonchev–Trinajstić information content (AvgIpc) is 2.70. The number of hydrogen-bond acceptors (Lipinski definition) is 6. The van der Waals surface area contributed by atoms with Gasteiger partial charge in [-0.05, 0) is 38.5 Å². The van der Waals surface area contributed by atoms with Crippen molar-refractivity contribution in [3.63, 3.8) is 0 Å². The molecule has 1 aromatic heterocycles. The lowest BCUT2D eigenvalue weighted by Gasteiger charge is -2.24. The minimum absolute atomic E-state index is 0.161. The van der Waals surface area contributed by atoms with E-state index < -0.39 is 29.6 Å². The number of carbonyl (C=O) groups is 2. The summed E-state index contributed by atoms with van der Waals surface area (Å²) in [5.74, 6) is -1.83. The predicted molar refractivity (Wildman–Crippen MR) is 117 cm³/mol. The summed E-state index contributed by atoms with van der Waals surface area (Å²) in [6.45, 7) is 5.47. The third kappa shape index (κ3) is 5.54. The predicted octanol–water partition coefficient (Wildman–Crippen LogP) is 2.51. The monoisotopic (exact) mass is 492 g/mol. The van der Waals surface area contributed by atoms with Crippen molar-refractivity contribution in [1.29, 1.82) is 0 Å². The van der Waals surface area contributed by atoms with E-state index >= 15 is 0 Å². The second-order valence-electron chi connectivity index (χ2n) is 8.24. The third-order valence-electron chi connectivity index (χ3n) is 4.69. The van der Waals surface area contributed by atoms with E-state index in [0.29, 0.717) is 24.3 Å². The maximum atomic E-state index is 13.2. The van der Waals surface area contributed by atoms with E-state index in [-0.39, 0.29) is 24.5 Å². The van der Waals surface area contributed by atoms with Crippen LogP contribution < -0.4 is 10.9 Å². The quantitative estimate of drug-likeness (QED) is 0.621. The highest BCUT2D eigenvalue weighted by molar-refractivity contribution is 9.10. The fourth-order valence-corrected chi connectivity index (χ4v) is 3.61. The van der Waals surface area contributed by atoms with Crippen LogP contribution in [0.25, 0.3) is 0 Å². The van der Waals surface area contributed by atoms with Gasteiger partial charge in [-0.25, -0.2) is 0 Å².